The molecule has 1 N–H and O–H groups in total. The first-order chi connectivity index (χ1) is 13.6. The van der Waals surface area contributed by atoms with E-state index in [4.69, 9.17) is 11.6 Å². The second-order valence-electron chi connectivity index (χ2n) is 6.69. The summed E-state index contributed by atoms with van der Waals surface area (Å²) in [6.45, 7) is 1.80. The van der Waals surface area contributed by atoms with Crippen molar-refractivity contribution >= 4 is 40.4 Å². The number of nitrogens with zero attached hydrogens (tertiary/aromatic N) is 3. The van der Waals surface area contributed by atoms with Crippen molar-refractivity contribution in [3.63, 3.8) is 0 Å². The summed E-state index contributed by atoms with van der Waals surface area (Å²) in [5.41, 5.74) is 2.85. The van der Waals surface area contributed by atoms with Crippen LogP contribution in [0.15, 0.2) is 54.9 Å². The highest BCUT2D eigenvalue weighted by Gasteiger charge is 2.31. The largest absolute Gasteiger partial charge is 0.357 e. The minimum absolute atomic E-state index is 0.383. The first kappa shape index (κ1) is 18.3. The van der Waals surface area contributed by atoms with Crippen molar-refractivity contribution in [2.24, 2.45) is 0 Å². The van der Waals surface area contributed by atoms with Crippen molar-refractivity contribution < 1.29 is 9.59 Å². The molecule has 28 heavy (non-hydrogen) atoms. The summed E-state index contributed by atoms with van der Waals surface area (Å²) >= 11 is 5.87. The monoisotopic (exact) mass is 394 g/mol. The fourth-order valence-corrected chi connectivity index (χ4v) is 3.38. The molecule has 0 saturated carbocycles. The Morgan fingerprint density at radius 1 is 1.07 bits per heavy atom. The fourth-order valence-electron chi connectivity index (χ4n) is 3.25. The normalized spacial score (nSPS) is 15.2. The topological polar surface area (TPSA) is 69.3 Å². The van der Waals surface area contributed by atoms with Gasteiger partial charge in [-0.05, 0) is 29.8 Å². The molecule has 3 heterocycles. The van der Waals surface area contributed by atoms with Gasteiger partial charge in [-0.15, -0.1) is 0 Å². The van der Waals surface area contributed by atoms with Crippen molar-refractivity contribution in [2.75, 3.05) is 19.6 Å². The number of hydrogen-bond acceptors (Lipinski definition) is 3. The number of rotatable bonds is 5. The van der Waals surface area contributed by atoms with E-state index in [1.807, 2.05) is 48.6 Å². The first-order valence-electron chi connectivity index (χ1n) is 9.02. The zero-order valence-corrected chi connectivity index (χ0v) is 15.9. The highest BCUT2D eigenvalue weighted by molar-refractivity contribution is 6.35. The van der Waals surface area contributed by atoms with Crippen LogP contribution >= 0.6 is 11.6 Å². The van der Waals surface area contributed by atoms with E-state index in [-0.39, 0.29) is 0 Å². The molecular weight excluding hydrogens is 376 g/mol. The molecular formula is C21H19ClN4O2. The van der Waals surface area contributed by atoms with Crippen molar-refractivity contribution in [3.8, 4) is 0 Å². The van der Waals surface area contributed by atoms with Crippen molar-refractivity contribution in [2.45, 2.75) is 6.54 Å². The van der Waals surface area contributed by atoms with Gasteiger partial charge in [0.1, 0.15) is 0 Å². The molecule has 1 aliphatic rings. The second kappa shape index (κ2) is 7.86. The minimum Gasteiger partial charge on any atom is -0.357 e. The number of nitrogens with one attached hydrogen (secondary N) is 1. The molecule has 7 heteroatoms. The fraction of sp³-hybridized carbons (Fsp3) is 0.190. The number of halogens is 1. The molecule has 0 atom stereocenters. The van der Waals surface area contributed by atoms with Crippen LogP contribution < -0.4 is 0 Å². The Labute approximate surface area is 167 Å². The third-order valence-corrected chi connectivity index (χ3v) is 4.99. The smallest absolute Gasteiger partial charge is 0.312 e. The maximum Gasteiger partial charge on any atom is 0.312 e. The number of aromatic amines is 1. The molecule has 1 fully saturated rings. The van der Waals surface area contributed by atoms with Gasteiger partial charge in [0.25, 0.3) is 0 Å². The molecule has 6 nitrogen and oxygen atoms in total. The van der Waals surface area contributed by atoms with Crippen LogP contribution in [0.25, 0.3) is 17.0 Å². The Hall–Kier alpha value is -3.12. The molecule has 1 aliphatic heterocycles. The van der Waals surface area contributed by atoms with E-state index in [1.165, 1.54) is 0 Å². The average molecular weight is 395 g/mol. The number of carbonyl (C=O) groups is 2. The van der Waals surface area contributed by atoms with Crippen LogP contribution in [0.2, 0.25) is 5.02 Å². The predicted molar refractivity (Wildman–Crippen MR) is 109 cm³/mol. The first-order valence-corrected chi connectivity index (χ1v) is 9.40. The lowest BCUT2D eigenvalue weighted by atomic mass is 10.2. The van der Waals surface area contributed by atoms with Crippen LogP contribution in [-0.4, -0.2) is 51.2 Å². The van der Waals surface area contributed by atoms with Crippen LogP contribution in [0.3, 0.4) is 0 Å². The molecule has 1 aromatic carbocycles. The Morgan fingerprint density at radius 3 is 2.61 bits per heavy atom. The highest BCUT2D eigenvalue weighted by Crippen LogP contribution is 2.17. The van der Waals surface area contributed by atoms with E-state index in [1.54, 1.807) is 22.2 Å². The molecule has 142 valence electrons. The van der Waals surface area contributed by atoms with Crippen LogP contribution in [0.5, 0.6) is 0 Å². The maximum atomic E-state index is 12.5. The molecule has 0 unspecified atom stereocenters. The van der Waals surface area contributed by atoms with Gasteiger partial charge in [0.2, 0.25) is 0 Å². The standard InChI is InChI=1S/C21H19ClN4O2/c22-17-5-3-15(4-6-17)2-1-9-25-10-11-26(21(28)20(25)27)14-18-12-16-13-23-8-7-19(16)24-18/h1-8,12-13,24H,9-11,14H2/b2-1+. The molecule has 0 bridgehead atoms. The molecule has 3 aromatic rings. The predicted octanol–water partition coefficient (Wildman–Crippen LogP) is 3.10. The Kier molecular flexibility index (Phi) is 5.12. The van der Waals surface area contributed by atoms with Gasteiger partial charge >= 0.3 is 11.8 Å². The van der Waals surface area contributed by atoms with Crippen LogP contribution in [0, 0.1) is 0 Å². The lowest BCUT2D eigenvalue weighted by Gasteiger charge is -2.33. The summed E-state index contributed by atoms with van der Waals surface area (Å²) in [5, 5.41) is 1.67. The van der Waals surface area contributed by atoms with Crippen molar-refractivity contribution in [1.29, 1.82) is 0 Å². The lowest BCUT2D eigenvalue weighted by molar-refractivity contribution is -0.156. The molecule has 2 aromatic heterocycles. The van der Waals surface area contributed by atoms with Crippen LogP contribution in [0.4, 0.5) is 0 Å². The van der Waals surface area contributed by atoms with E-state index in [9.17, 15) is 9.59 Å². The third-order valence-electron chi connectivity index (χ3n) is 4.74. The molecule has 0 spiro atoms. The summed E-state index contributed by atoms with van der Waals surface area (Å²) in [5.74, 6) is -0.937. The number of piperazine rings is 1. The van der Waals surface area contributed by atoms with Crippen molar-refractivity contribution in [3.05, 3.63) is 71.1 Å². The number of carbonyl (C=O) groups excluding carboxylic acids is 2. The number of H-pyrrole nitrogens is 1. The zero-order chi connectivity index (χ0) is 19.5. The second-order valence-corrected chi connectivity index (χ2v) is 7.13. The van der Waals surface area contributed by atoms with E-state index in [2.05, 4.69) is 9.97 Å². The van der Waals surface area contributed by atoms with Crippen LogP contribution in [-0.2, 0) is 16.1 Å². The number of amides is 2. The highest BCUT2D eigenvalue weighted by atomic mass is 35.5. The molecule has 4 rings (SSSR count). The molecule has 0 radical (unpaired) electrons. The zero-order valence-electron chi connectivity index (χ0n) is 15.1. The third kappa shape index (κ3) is 3.92. The number of benzene rings is 1. The Bertz CT molecular complexity index is 1010. The van der Waals surface area contributed by atoms with E-state index in [0.717, 1.165) is 22.2 Å². The van der Waals surface area contributed by atoms with Gasteiger partial charge in [-0.25, -0.2) is 0 Å². The molecule has 1 saturated heterocycles. The van der Waals surface area contributed by atoms with Gasteiger partial charge in [-0.1, -0.05) is 35.9 Å². The summed E-state index contributed by atoms with van der Waals surface area (Å²) in [6, 6.07) is 11.3. The number of pyridine rings is 1. The lowest BCUT2D eigenvalue weighted by Crippen LogP contribution is -2.53. The maximum absolute atomic E-state index is 12.5. The Balaban J connectivity index is 1.36. The summed E-state index contributed by atoms with van der Waals surface area (Å²) in [7, 11) is 0. The van der Waals surface area contributed by atoms with Crippen LogP contribution in [0.1, 0.15) is 11.3 Å². The van der Waals surface area contributed by atoms with Gasteiger partial charge in [-0.2, -0.15) is 0 Å². The summed E-state index contributed by atoms with van der Waals surface area (Å²) in [6.07, 6.45) is 7.29. The summed E-state index contributed by atoms with van der Waals surface area (Å²) < 4.78 is 0. The SMILES string of the molecule is O=C1C(=O)N(Cc2cc3cnccc3[nH]2)CCN1C/C=C/c1ccc(Cl)cc1. The van der Waals surface area contributed by atoms with Crippen molar-refractivity contribution in [1.82, 2.24) is 19.8 Å². The number of aromatic nitrogens is 2. The Morgan fingerprint density at radius 2 is 1.82 bits per heavy atom. The quantitative estimate of drug-likeness (QED) is 0.676. The number of fused-ring (bicyclic) bond motifs is 1. The minimum atomic E-state index is -0.470. The van der Waals surface area contributed by atoms with Gasteiger partial charge < -0.3 is 14.8 Å². The van der Waals surface area contributed by atoms with Gasteiger partial charge in [-0.3, -0.25) is 14.6 Å². The number of hydrogen-bond donors (Lipinski definition) is 1. The van der Waals surface area contributed by atoms with E-state index in [0.29, 0.717) is 31.2 Å². The average Bonchev–Trinajstić information content (AvgIpc) is 3.11. The summed E-state index contributed by atoms with van der Waals surface area (Å²) in [4.78, 5) is 35.5. The molecule has 0 aliphatic carbocycles. The van der Waals surface area contributed by atoms with Gasteiger partial charge in [0.05, 0.1) is 6.54 Å². The van der Waals surface area contributed by atoms with Gasteiger partial charge in [0, 0.05) is 53.6 Å². The van der Waals surface area contributed by atoms with E-state index >= 15 is 0 Å². The van der Waals surface area contributed by atoms with Gasteiger partial charge in [0.15, 0.2) is 0 Å². The molecule has 2 amide bonds. The van der Waals surface area contributed by atoms with E-state index < -0.39 is 11.8 Å².